The summed E-state index contributed by atoms with van der Waals surface area (Å²) in [6.07, 6.45) is -2.02. The predicted molar refractivity (Wildman–Crippen MR) is 85.0 cm³/mol. The Balaban J connectivity index is 1.73. The van der Waals surface area contributed by atoms with Gasteiger partial charge in [-0.1, -0.05) is 29.8 Å². The summed E-state index contributed by atoms with van der Waals surface area (Å²) in [5, 5.41) is 0. The number of halogens is 3. The SMILES string of the molecule is Cc1ccc(CN(C(=O)c2ccc(OC(F)(F)F)cn2)C2CC2)cc1. The molecule has 3 rings (SSSR count). The second kappa shape index (κ2) is 6.74. The Morgan fingerprint density at radius 1 is 1.20 bits per heavy atom. The molecule has 132 valence electrons. The summed E-state index contributed by atoms with van der Waals surface area (Å²) in [5.74, 6) is -0.734. The zero-order valence-corrected chi connectivity index (χ0v) is 13.6. The fourth-order valence-electron chi connectivity index (χ4n) is 2.49. The van der Waals surface area contributed by atoms with Crippen LogP contribution in [0.15, 0.2) is 42.6 Å². The number of rotatable bonds is 5. The first-order chi connectivity index (χ1) is 11.8. The van der Waals surface area contributed by atoms with Crippen LogP contribution in [-0.2, 0) is 6.54 Å². The van der Waals surface area contributed by atoms with Crippen molar-refractivity contribution in [2.75, 3.05) is 0 Å². The highest BCUT2D eigenvalue weighted by atomic mass is 19.4. The van der Waals surface area contributed by atoms with E-state index < -0.39 is 12.1 Å². The van der Waals surface area contributed by atoms with E-state index in [2.05, 4.69) is 9.72 Å². The van der Waals surface area contributed by atoms with E-state index in [0.29, 0.717) is 6.54 Å². The monoisotopic (exact) mass is 350 g/mol. The summed E-state index contributed by atoms with van der Waals surface area (Å²) in [4.78, 5) is 18.2. The minimum Gasteiger partial charge on any atom is -0.404 e. The molecule has 0 spiro atoms. The summed E-state index contributed by atoms with van der Waals surface area (Å²) in [7, 11) is 0. The lowest BCUT2D eigenvalue weighted by Crippen LogP contribution is -2.33. The van der Waals surface area contributed by atoms with Crippen LogP contribution in [0.3, 0.4) is 0 Å². The van der Waals surface area contributed by atoms with E-state index in [0.717, 1.165) is 36.2 Å². The van der Waals surface area contributed by atoms with Crippen LogP contribution in [0.2, 0.25) is 0 Å². The second-order valence-corrected chi connectivity index (χ2v) is 6.08. The number of benzene rings is 1. The van der Waals surface area contributed by atoms with Gasteiger partial charge in [0.15, 0.2) is 0 Å². The van der Waals surface area contributed by atoms with Gasteiger partial charge in [0, 0.05) is 12.6 Å². The van der Waals surface area contributed by atoms with E-state index >= 15 is 0 Å². The first kappa shape index (κ1) is 17.3. The molecule has 1 saturated carbocycles. The van der Waals surface area contributed by atoms with Crippen LogP contribution in [0.25, 0.3) is 0 Å². The molecular weight excluding hydrogens is 333 g/mol. The topological polar surface area (TPSA) is 42.4 Å². The van der Waals surface area contributed by atoms with Crippen LogP contribution in [-0.4, -0.2) is 28.2 Å². The van der Waals surface area contributed by atoms with Gasteiger partial charge >= 0.3 is 6.36 Å². The standard InChI is InChI=1S/C18H17F3N2O2/c1-12-2-4-13(5-3-12)11-23(14-6-7-14)17(24)16-9-8-15(10-22-16)25-18(19,20)21/h2-5,8-10,14H,6-7,11H2,1H3. The highest BCUT2D eigenvalue weighted by molar-refractivity contribution is 5.92. The summed E-state index contributed by atoms with van der Waals surface area (Å²) >= 11 is 0. The number of nitrogens with zero attached hydrogens (tertiary/aromatic N) is 2. The van der Waals surface area contributed by atoms with E-state index in [1.807, 2.05) is 31.2 Å². The van der Waals surface area contributed by atoms with Crippen LogP contribution in [0, 0.1) is 6.92 Å². The van der Waals surface area contributed by atoms with Gasteiger partial charge < -0.3 is 9.64 Å². The molecule has 1 fully saturated rings. The van der Waals surface area contributed by atoms with E-state index in [1.165, 1.54) is 6.07 Å². The van der Waals surface area contributed by atoms with Gasteiger partial charge in [0.1, 0.15) is 11.4 Å². The molecule has 7 heteroatoms. The van der Waals surface area contributed by atoms with Crippen molar-refractivity contribution in [3.63, 3.8) is 0 Å². The maximum absolute atomic E-state index is 12.7. The summed E-state index contributed by atoms with van der Waals surface area (Å²) in [6, 6.07) is 10.4. The van der Waals surface area contributed by atoms with Crippen LogP contribution >= 0.6 is 0 Å². The number of ether oxygens (including phenoxy) is 1. The molecule has 4 nitrogen and oxygen atoms in total. The lowest BCUT2D eigenvalue weighted by Gasteiger charge is -2.22. The molecule has 1 heterocycles. The van der Waals surface area contributed by atoms with E-state index in [4.69, 9.17) is 0 Å². The molecule has 2 aromatic rings. The molecule has 0 saturated heterocycles. The Morgan fingerprint density at radius 3 is 2.40 bits per heavy atom. The highest BCUT2D eigenvalue weighted by Gasteiger charge is 2.34. The molecule has 1 aliphatic rings. The molecule has 0 bridgehead atoms. The van der Waals surface area contributed by atoms with Gasteiger partial charge in [-0.25, -0.2) is 4.98 Å². The van der Waals surface area contributed by atoms with E-state index in [1.54, 1.807) is 4.90 Å². The summed E-state index contributed by atoms with van der Waals surface area (Å²) in [5.41, 5.74) is 2.24. The molecule has 1 aliphatic carbocycles. The maximum Gasteiger partial charge on any atom is 0.573 e. The number of carbonyl (C=O) groups excluding carboxylic acids is 1. The molecule has 25 heavy (non-hydrogen) atoms. The number of aromatic nitrogens is 1. The van der Waals surface area contributed by atoms with Gasteiger partial charge in [-0.15, -0.1) is 13.2 Å². The first-order valence-corrected chi connectivity index (χ1v) is 7.90. The van der Waals surface area contributed by atoms with Crippen molar-refractivity contribution in [1.82, 2.24) is 9.88 Å². The quantitative estimate of drug-likeness (QED) is 0.816. The van der Waals surface area contributed by atoms with Crippen molar-refractivity contribution >= 4 is 5.91 Å². The first-order valence-electron chi connectivity index (χ1n) is 7.90. The fraction of sp³-hybridized carbons (Fsp3) is 0.333. The maximum atomic E-state index is 12.7. The lowest BCUT2D eigenvalue weighted by molar-refractivity contribution is -0.274. The molecule has 0 radical (unpaired) electrons. The minimum atomic E-state index is -4.78. The number of carbonyl (C=O) groups is 1. The van der Waals surface area contributed by atoms with Crippen LogP contribution in [0.5, 0.6) is 5.75 Å². The second-order valence-electron chi connectivity index (χ2n) is 6.08. The zero-order valence-electron chi connectivity index (χ0n) is 13.6. The Hall–Kier alpha value is -2.57. The van der Waals surface area contributed by atoms with Gasteiger partial charge in [-0.2, -0.15) is 0 Å². The molecule has 1 aromatic heterocycles. The van der Waals surface area contributed by atoms with Gasteiger partial charge in [-0.05, 0) is 37.5 Å². The number of alkyl halides is 3. The van der Waals surface area contributed by atoms with Crippen molar-refractivity contribution in [3.05, 3.63) is 59.4 Å². The number of hydrogen-bond donors (Lipinski definition) is 0. The molecule has 1 amide bonds. The predicted octanol–water partition coefficient (Wildman–Crippen LogP) is 4.09. The fourth-order valence-corrected chi connectivity index (χ4v) is 2.49. The van der Waals surface area contributed by atoms with Crippen LogP contribution in [0.1, 0.15) is 34.5 Å². The Morgan fingerprint density at radius 2 is 1.88 bits per heavy atom. The molecule has 0 N–H and O–H groups in total. The van der Waals surface area contributed by atoms with Crippen LogP contribution in [0.4, 0.5) is 13.2 Å². The minimum absolute atomic E-state index is 0.105. The third kappa shape index (κ3) is 4.71. The average Bonchev–Trinajstić information content (AvgIpc) is 3.38. The smallest absolute Gasteiger partial charge is 0.404 e. The van der Waals surface area contributed by atoms with Crippen molar-refractivity contribution in [2.24, 2.45) is 0 Å². The summed E-state index contributed by atoms with van der Waals surface area (Å²) in [6.45, 7) is 2.44. The van der Waals surface area contributed by atoms with Crippen LogP contribution < -0.4 is 4.74 Å². The number of amides is 1. The Kier molecular flexibility index (Phi) is 4.65. The van der Waals surface area contributed by atoms with Crippen molar-refractivity contribution < 1.29 is 22.7 Å². The van der Waals surface area contributed by atoms with Gasteiger partial charge in [-0.3, -0.25) is 4.79 Å². The number of aryl methyl sites for hydroxylation is 1. The molecule has 1 aromatic carbocycles. The van der Waals surface area contributed by atoms with Crippen molar-refractivity contribution in [1.29, 1.82) is 0 Å². The summed E-state index contributed by atoms with van der Waals surface area (Å²) < 4.78 is 40.3. The van der Waals surface area contributed by atoms with Crippen molar-refractivity contribution in [3.8, 4) is 5.75 Å². The Bertz CT molecular complexity index is 738. The lowest BCUT2D eigenvalue weighted by atomic mass is 10.1. The molecule has 0 aliphatic heterocycles. The van der Waals surface area contributed by atoms with Crippen molar-refractivity contribution in [2.45, 2.75) is 38.7 Å². The number of hydrogen-bond acceptors (Lipinski definition) is 3. The third-order valence-corrected chi connectivity index (χ3v) is 3.91. The molecule has 0 unspecified atom stereocenters. The van der Waals surface area contributed by atoms with Gasteiger partial charge in [0.05, 0.1) is 6.20 Å². The third-order valence-electron chi connectivity index (χ3n) is 3.91. The molecular formula is C18H17F3N2O2. The van der Waals surface area contributed by atoms with E-state index in [9.17, 15) is 18.0 Å². The largest absolute Gasteiger partial charge is 0.573 e. The highest BCUT2D eigenvalue weighted by Crippen LogP contribution is 2.30. The van der Waals surface area contributed by atoms with E-state index in [-0.39, 0.29) is 17.6 Å². The normalized spacial score (nSPS) is 14.2. The molecule has 0 atom stereocenters. The van der Waals surface area contributed by atoms with Gasteiger partial charge in [0.2, 0.25) is 0 Å². The number of pyridine rings is 1. The zero-order chi connectivity index (χ0) is 18.0. The average molecular weight is 350 g/mol. The Labute approximate surface area is 143 Å². The van der Waals surface area contributed by atoms with Gasteiger partial charge in [0.25, 0.3) is 5.91 Å².